The summed E-state index contributed by atoms with van der Waals surface area (Å²) in [7, 11) is 0. The summed E-state index contributed by atoms with van der Waals surface area (Å²) < 4.78 is 0. The highest BCUT2D eigenvalue weighted by molar-refractivity contribution is 5.75. The number of nitrogens with zero attached hydrogens (tertiary/aromatic N) is 1. The first-order valence-corrected chi connectivity index (χ1v) is 6.98. The second-order valence-corrected chi connectivity index (χ2v) is 4.80. The summed E-state index contributed by atoms with van der Waals surface area (Å²) in [5.74, 6) is 4.96. The van der Waals surface area contributed by atoms with Crippen LogP contribution in [0, 0.1) is 6.92 Å². The van der Waals surface area contributed by atoms with E-state index in [2.05, 4.69) is 48.4 Å². The van der Waals surface area contributed by atoms with Gasteiger partial charge in [-0.15, -0.1) is 0 Å². The van der Waals surface area contributed by atoms with Crippen LogP contribution in [-0.2, 0) is 4.79 Å². The predicted octanol–water partition coefficient (Wildman–Crippen LogP) is 2.37. The van der Waals surface area contributed by atoms with Gasteiger partial charge in [0.1, 0.15) is 0 Å². The smallest absolute Gasteiger partial charge is 0.233 e. The molecule has 106 valence electrons. The first-order chi connectivity index (χ1) is 9.17. The molecule has 1 amide bonds. The molecule has 0 saturated heterocycles. The number of anilines is 1. The van der Waals surface area contributed by atoms with Crippen LogP contribution in [0.15, 0.2) is 24.3 Å². The molecule has 0 unspecified atom stereocenters. The second kappa shape index (κ2) is 8.53. The van der Waals surface area contributed by atoms with Gasteiger partial charge < -0.3 is 4.90 Å². The van der Waals surface area contributed by atoms with Crippen LogP contribution in [0.25, 0.3) is 0 Å². The largest absolute Gasteiger partial charge is 0.372 e. The van der Waals surface area contributed by atoms with E-state index in [1.165, 1.54) is 11.3 Å². The van der Waals surface area contributed by atoms with Crippen molar-refractivity contribution in [2.24, 2.45) is 5.84 Å². The second-order valence-electron chi connectivity index (χ2n) is 4.80. The molecule has 0 aromatic heterocycles. The van der Waals surface area contributed by atoms with Crippen LogP contribution in [0.5, 0.6) is 0 Å². The molecule has 19 heavy (non-hydrogen) atoms. The minimum absolute atomic E-state index is 0.0777. The molecule has 3 N–H and O–H groups in total. The minimum Gasteiger partial charge on any atom is -0.372 e. The molecule has 0 bridgehead atoms. The van der Waals surface area contributed by atoms with Gasteiger partial charge in [0.15, 0.2) is 0 Å². The van der Waals surface area contributed by atoms with Crippen molar-refractivity contribution >= 4 is 11.6 Å². The van der Waals surface area contributed by atoms with Gasteiger partial charge >= 0.3 is 0 Å². The number of nitrogens with two attached hydrogens (primary N) is 1. The highest BCUT2D eigenvalue weighted by Gasteiger charge is 2.04. The van der Waals surface area contributed by atoms with Gasteiger partial charge in [-0.05, 0) is 44.4 Å². The van der Waals surface area contributed by atoms with Crippen molar-refractivity contribution in [3.63, 3.8) is 0 Å². The van der Waals surface area contributed by atoms with Gasteiger partial charge in [-0.25, -0.2) is 5.84 Å². The van der Waals surface area contributed by atoms with E-state index in [0.717, 1.165) is 32.4 Å². The maximum absolute atomic E-state index is 11.0. The summed E-state index contributed by atoms with van der Waals surface area (Å²) >= 11 is 0. The number of rotatable bonds is 8. The standard InChI is InChI=1S/C15H25N3O/c1-3-18(14-9-7-8-13(2)12-14)11-6-4-5-10-15(19)17-16/h7-9,12H,3-6,10-11,16H2,1-2H3,(H,17,19). The quantitative estimate of drug-likeness (QED) is 0.328. The third kappa shape index (κ3) is 5.75. The van der Waals surface area contributed by atoms with E-state index in [-0.39, 0.29) is 5.91 Å². The van der Waals surface area contributed by atoms with Gasteiger partial charge in [-0.2, -0.15) is 0 Å². The van der Waals surface area contributed by atoms with Gasteiger partial charge in [0, 0.05) is 25.2 Å². The highest BCUT2D eigenvalue weighted by atomic mass is 16.2. The summed E-state index contributed by atoms with van der Waals surface area (Å²) in [5, 5.41) is 0. The lowest BCUT2D eigenvalue weighted by molar-refractivity contribution is -0.121. The number of hydrazine groups is 1. The molecular formula is C15H25N3O. The number of unbranched alkanes of at least 4 members (excludes halogenated alkanes) is 2. The molecule has 0 aliphatic rings. The topological polar surface area (TPSA) is 58.4 Å². The van der Waals surface area contributed by atoms with E-state index < -0.39 is 0 Å². The lowest BCUT2D eigenvalue weighted by Crippen LogP contribution is -2.29. The van der Waals surface area contributed by atoms with Crippen molar-refractivity contribution in [3.8, 4) is 0 Å². The number of hydrogen-bond donors (Lipinski definition) is 2. The Morgan fingerprint density at radius 2 is 2.11 bits per heavy atom. The number of carbonyl (C=O) groups excluding carboxylic acids is 1. The number of hydrogen-bond acceptors (Lipinski definition) is 3. The van der Waals surface area contributed by atoms with Crippen molar-refractivity contribution in [2.45, 2.75) is 39.5 Å². The van der Waals surface area contributed by atoms with E-state index >= 15 is 0 Å². The monoisotopic (exact) mass is 263 g/mol. The van der Waals surface area contributed by atoms with Crippen LogP contribution < -0.4 is 16.2 Å². The van der Waals surface area contributed by atoms with E-state index in [1.54, 1.807) is 0 Å². The molecule has 0 fully saturated rings. The third-order valence-electron chi connectivity index (χ3n) is 3.24. The van der Waals surface area contributed by atoms with Gasteiger partial charge in [-0.1, -0.05) is 18.6 Å². The van der Waals surface area contributed by atoms with Crippen LogP contribution in [0.3, 0.4) is 0 Å². The van der Waals surface area contributed by atoms with Crippen LogP contribution >= 0.6 is 0 Å². The molecule has 0 aliphatic carbocycles. The molecule has 4 heteroatoms. The van der Waals surface area contributed by atoms with Crippen LogP contribution in [0.2, 0.25) is 0 Å². The molecule has 0 atom stereocenters. The molecular weight excluding hydrogens is 238 g/mol. The maximum atomic E-state index is 11.0. The minimum atomic E-state index is -0.0777. The number of nitrogens with one attached hydrogen (secondary N) is 1. The van der Waals surface area contributed by atoms with Crippen molar-refractivity contribution in [3.05, 3.63) is 29.8 Å². The maximum Gasteiger partial charge on any atom is 0.233 e. The van der Waals surface area contributed by atoms with Crippen LogP contribution in [0.1, 0.15) is 38.2 Å². The molecule has 1 rings (SSSR count). The molecule has 0 radical (unpaired) electrons. The van der Waals surface area contributed by atoms with Crippen molar-refractivity contribution < 1.29 is 4.79 Å². The van der Waals surface area contributed by atoms with Gasteiger partial charge in [0.25, 0.3) is 0 Å². The summed E-state index contributed by atoms with van der Waals surface area (Å²) in [6.45, 7) is 6.32. The van der Waals surface area contributed by atoms with Gasteiger partial charge in [0.2, 0.25) is 5.91 Å². The fraction of sp³-hybridized carbons (Fsp3) is 0.533. The fourth-order valence-electron chi connectivity index (χ4n) is 2.13. The highest BCUT2D eigenvalue weighted by Crippen LogP contribution is 2.16. The predicted molar refractivity (Wildman–Crippen MR) is 79.9 cm³/mol. The Hall–Kier alpha value is -1.55. The van der Waals surface area contributed by atoms with E-state index in [4.69, 9.17) is 5.84 Å². The third-order valence-corrected chi connectivity index (χ3v) is 3.24. The lowest BCUT2D eigenvalue weighted by Gasteiger charge is -2.23. The van der Waals surface area contributed by atoms with Gasteiger partial charge in [0.05, 0.1) is 0 Å². The molecule has 1 aromatic rings. The average Bonchev–Trinajstić information content (AvgIpc) is 2.42. The van der Waals surface area contributed by atoms with Crippen molar-refractivity contribution in [2.75, 3.05) is 18.0 Å². The summed E-state index contributed by atoms with van der Waals surface area (Å²) in [4.78, 5) is 13.3. The molecule has 0 aliphatic heterocycles. The van der Waals surface area contributed by atoms with E-state index in [1.807, 2.05) is 0 Å². The first kappa shape index (κ1) is 15.5. The lowest BCUT2D eigenvalue weighted by atomic mass is 10.1. The summed E-state index contributed by atoms with van der Waals surface area (Å²) in [6.07, 6.45) is 3.57. The van der Waals surface area contributed by atoms with Crippen LogP contribution in [-0.4, -0.2) is 19.0 Å². The first-order valence-electron chi connectivity index (χ1n) is 6.98. The zero-order valence-electron chi connectivity index (χ0n) is 12.0. The Kier molecular flexibility index (Phi) is 6.97. The zero-order valence-corrected chi connectivity index (χ0v) is 12.0. The van der Waals surface area contributed by atoms with E-state index in [9.17, 15) is 4.79 Å². The van der Waals surface area contributed by atoms with E-state index in [0.29, 0.717) is 6.42 Å². The Balaban J connectivity index is 2.31. The molecule has 0 saturated carbocycles. The normalized spacial score (nSPS) is 10.3. The summed E-state index contributed by atoms with van der Waals surface area (Å²) in [5.41, 5.74) is 4.73. The Morgan fingerprint density at radius 3 is 2.74 bits per heavy atom. The fourth-order valence-corrected chi connectivity index (χ4v) is 2.13. The Morgan fingerprint density at radius 1 is 1.32 bits per heavy atom. The van der Waals surface area contributed by atoms with Gasteiger partial charge in [-0.3, -0.25) is 10.2 Å². The number of amides is 1. The average molecular weight is 263 g/mol. The number of benzene rings is 1. The SMILES string of the molecule is CCN(CCCCCC(=O)NN)c1cccc(C)c1. The Bertz CT molecular complexity index is 393. The molecule has 0 heterocycles. The Labute approximate surface area is 115 Å². The van der Waals surface area contributed by atoms with Crippen molar-refractivity contribution in [1.82, 2.24) is 5.43 Å². The zero-order chi connectivity index (χ0) is 14.1. The molecule has 4 nitrogen and oxygen atoms in total. The number of carbonyl (C=O) groups is 1. The summed E-state index contributed by atoms with van der Waals surface area (Å²) in [6, 6.07) is 8.57. The molecule has 1 aromatic carbocycles. The molecule has 0 spiro atoms. The van der Waals surface area contributed by atoms with Crippen molar-refractivity contribution in [1.29, 1.82) is 0 Å². The van der Waals surface area contributed by atoms with Crippen LogP contribution in [0.4, 0.5) is 5.69 Å². The number of aryl methyl sites for hydroxylation is 1.